The van der Waals surface area contributed by atoms with E-state index in [1.165, 1.54) is 6.92 Å². The molecule has 1 aromatic carbocycles. The predicted molar refractivity (Wildman–Crippen MR) is 142 cm³/mol. The van der Waals surface area contributed by atoms with Crippen molar-refractivity contribution in [2.45, 2.75) is 39.3 Å². The summed E-state index contributed by atoms with van der Waals surface area (Å²) in [6.45, 7) is 3.70. The van der Waals surface area contributed by atoms with E-state index in [0.717, 1.165) is 23.2 Å². The number of aromatic nitrogens is 4. The molecule has 4 aromatic rings. The van der Waals surface area contributed by atoms with Crippen LogP contribution in [0, 0.1) is 6.92 Å². The molecule has 0 radical (unpaired) electrons. The van der Waals surface area contributed by atoms with Crippen LogP contribution in [0.5, 0.6) is 5.88 Å². The number of rotatable bonds is 7. The van der Waals surface area contributed by atoms with Gasteiger partial charge in [0.05, 0.1) is 12.6 Å². The van der Waals surface area contributed by atoms with Gasteiger partial charge in [0.15, 0.2) is 5.78 Å². The fourth-order valence-electron chi connectivity index (χ4n) is 4.79. The van der Waals surface area contributed by atoms with Crippen molar-refractivity contribution in [2.75, 3.05) is 19.0 Å². The molecule has 0 aliphatic carbocycles. The molecule has 1 saturated heterocycles. The first-order valence-corrected chi connectivity index (χ1v) is 12.4. The maximum absolute atomic E-state index is 13.4. The van der Waals surface area contributed by atoms with Crippen LogP contribution in [0.15, 0.2) is 54.7 Å². The standard InChI is InChI=1S/C28H28N6O4/c1-17-6-4-8-24(30-17)31-28(37)23-7-5-13-33(23)26(36)16-34-22-11-9-19(14-21(22)27(32-34)18(2)35)20-10-12-25(38-3)29-15-20/h4,6,8-12,14-15,23H,5,7,13,16H2,1-3H3,(H,30,31,37). The number of nitrogens with one attached hydrogen (secondary N) is 1. The zero-order chi connectivity index (χ0) is 26.8. The normalized spacial score (nSPS) is 15.0. The van der Waals surface area contributed by atoms with Crippen molar-refractivity contribution in [3.8, 4) is 17.0 Å². The number of benzene rings is 1. The average Bonchev–Trinajstić information content (AvgIpc) is 3.54. The fraction of sp³-hybridized carbons (Fsp3) is 0.286. The van der Waals surface area contributed by atoms with E-state index in [9.17, 15) is 14.4 Å². The number of Topliss-reactive ketones (excluding diaryl/α,β-unsaturated/α-hetero) is 1. The average molecular weight is 513 g/mol. The predicted octanol–water partition coefficient (Wildman–Crippen LogP) is 3.64. The Bertz CT molecular complexity index is 1530. The zero-order valence-electron chi connectivity index (χ0n) is 21.5. The number of anilines is 1. The molecule has 194 valence electrons. The number of hydrogen-bond donors (Lipinski definition) is 1. The largest absolute Gasteiger partial charge is 0.481 e. The van der Waals surface area contributed by atoms with Gasteiger partial charge in [-0.25, -0.2) is 9.97 Å². The maximum atomic E-state index is 13.4. The van der Waals surface area contributed by atoms with Crippen LogP contribution in [0.4, 0.5) is 5.82 Å². The third kappa shape index (κ3) is 4.97. The van der Waals surface area contributed by atoms with Gasteiger partial charge in [-0.15, -0.1) is 0 Å². The van der Waals surface area contributed by atoms with Crippen LogP contribution in [0.2, 0.25) is 0 Å². The number of ether oxygens (including phenoxy) is 1. The molecule has 5 rings (SSSR count). The number of likely N-dealkylation sites (tertiary alicyclic amines) is 1. The zero-order valence-corrected chi connectivity index (χ0v) is 21.5. The minimum Gasteiger partial charge on any atom is -0.481 e. The van der Waals surface area contributed by atoms with E-state index in [1.54, 1.807) is 35.0 Å². The van der Waals surface area contributed by atoms with Gasteiger partial charge in [-0.05, 0) is 55.7 Å². The Balaban J connectivity index is 1.38. The van der Waals surface area contributed by atoms with Crippen LogP contribution in [0.1, 0.15) is 35.9 Å². The van der Waals surface area contributed by atoms with Crippen LogP contribution in [-0.2, 0) is 16.1 Å². The Morgan fingerprint density at radius 1 is 1.11 bits per heavy atom. The van der Waals surface area contributed by atoms with Gasteiger partial charge in [0.25, 0.3) is 0 Å². The number of methoxy groups -OCH3 is 1. The first kappa shape index (κ1) is 25.1. The number of aryl methyl sites for hydroxylation is 1. The quantitative estimate of drug-likeness (QED) is 0.376. The number of hydrogen-bond acceptors (Lipinski definition) is 7. The van der Waals surface area contributed by atoms with Crippen molar-refractivity contribution in [2.24, 2.45) is 0 Å². The Kier molecular flexibility index (Phi) is 6.87. The van der Waals surface area contributed by atoms with Crippen molar-refractivity contribution in [3.63, 3.8) is 0 Å². The lowest BCUT2D eigenvalue weighted by Crippen LogP contribution is -2.44. The molecule has 2 amide bonds. The highest BCUT2D eigenvalue weighted by molar-refractivity contribution is 6.06. The van der Waals surface area contributed by atoms with E-state index in [4.69, 9.17) is 4.74 Å². The minimum absolute atomic E-state index is 0.0836. The second-order valence-corrected chi connectivity index (χ2v) is 9.28. The van der Waals surface area contributed by atoms with Gasteiger partial charge in [-0.2, -0.15) is 5.10 Å². The summed E-state index contributed by atoms with van der Waals surface area (Å²) in [7, 11) is 1.56. The number of fused-ring (bicyclic) bond motifs is 1. The van der Waals surface area contributed by atoms with Gasteiger partial charge in [0, 0.05) is 42.4 Å². The third-order valence-corrected chi connectivity index (χ3v) is 6.66. The summed E-state index contributed by atoms with van der Waals surface area (Å²) < 4.78 is 6.67. The van der Waals surface area contributed by atoms with Crippen LogP contribution in [0.25, 0.3) is 22.0 Å². The Morgan fingerprint density at radius 3 is 2.63 bits per heavy atom. The highest BCUT2D eigenvalue weighted by atomic mass is 16.5. The topological polar surface area (TPSA) is 119 Å². The summed E-state index contributed by atoms with van der Waals surface area (Å²) in [5.41, 5.74) is 3.47. The number of pyridine rings is 2. The van der Waals surface area contributed by atoms with E-state index in [-0.39, 0.29) is 29.8 Å². The number of nitrogens with zero attached hydrogens (tertiary/aromatic N) is 5. The molecular weight excluding hydrogens is 484 g/mol. The number of carbonyl (C=O) groups is 3. The summed E-state index contributed by atoms with van der Waals surface area (Å²) >= 11 is 0. The molecular formula is C28H28N6O4. The molecule has 0 bridgehead atoms. The molecule has 3 aromatic heterocycles. The Hall–Kier alpha value is -4.60. The van der Waals surface area contributed by atoms with Gasteiger partial charge in [-0.3, -0.25) is 19.1 Å². The molecule has 1 N–H and O–H groups in total. The van der Waals surface area contributed by atoms with E-state index >= 15 is 0 Å². The van der Waals surface area contributed by atoms with Gasteiger partial charge in [0.1, 0.15) is 24.1 Å². The molecule has 0 saturated carbocycles. The first-order valence-electron chi connectivity index (χ1n) is 12.4. The van der Waals surface area contributed by atoms with Gasteiger partial charge >= 0.3 is 0 Å². The summed E-state index contributed by atoms with van der Waals surface area (Å²) in [5.74, 6) is 0.274. The molecule has 4 heterocycles. The van der Waals surface area contributed by atoms with Gasteiger partial charge in [0.2, 0.25) is 17.7 Å². The highest BCUT2D eigenvalue weighted by Gasteiger charge is 2.34. The lowest BCUT2D eigenvalue weighted by atomic mass is 10.0. The van der Waals surface area contributed by atoms with E-state index in [2.05, 4.69) is 20.4 Å². The van der Waals surface area contributed by atoms with Crippen molar-refractivity contribution in [3.05, 3.63) is 66.1 Å². The lowest BCUT2D eigenvalue weighted by Gasteiger charge is -2.24. The molecule has 38 heavy (non-hydrogen) atoms. The number of ketones is 1. The van der Waals surface area contributed by atoms with Crippen LogP contribution in [0.3, 0.4) is 0 Å². The third-order valence-electron chi connectivity index (χ3n) is 6.66. The van der Waals surface area contributed by atoms with Gasteiger partial charge < -0.3 is 15.0 Å². The van der Waals surface area contributed by atoms with Gasteiger partial charge in [-0.1, -0.05) is 12.1 Å². The lowest BCUT2D eigenvalue weighted by molar-refractivity contribution is -0.137. The Morgan fingerprint density at radius 2 is 1.92 bits per heavy atom. The molecule has 1 fully saturated rings. The van der Waals surface area contributed by atoms with Crippen LogP contribution in [-0.4, -0.2) is 61.9 Å². The molecule has 1 aliphatic heterocycles. The monoisotopic (exact) mass is 512 g/mol. The second-order valence-electron chi connectivity index (χ2n) is 9.28. The van der Waals surface area contributed by atoms with E-state index < -0.39 is 6.04 Å². The number of amides is 2. The second kappa shape index (κ2) is 10.4. The molecule has 1 atom stereocenters. The van der Waals surface area contributed by atoms with E-state index in [0.29, 0.717) is 35.6 Å². The van der Waals surface area contributed by atoms with Crippen molar-refractivity contribution >= 4 is 34.3 Å². The molecule has 10 nitrogen and oxygen atoms in total. The summed E-state index contributed by atoms with van der Waals surface area (Å²) in [6, 6.07) is 14.1. The minimum atomic E-state index is -0.590. The van der Waals surface area contributed by atoms with Crippen LogP contribution < -0.4 is 10.1 Å². The summed E-state index contributed by atoms with van der Waals surface area (Å²) in [4.78, 5) is 48.9. The molecule has 10 heteroatoms. The van der Waals surface area contributed by atoms with Crippen molar-refractivity contribution in [1.29, 1.82) is 0 Å². The molecule has 0 spiro atoms. The smallest absolute Gasteiger partial charge is 0.248 e. The highest BCUT2D eigenvalue weighted by Crippen LogP contribution is 2.28. The fourth-order valence-corrected chi connectivity index (χ4v) is 4.79. The number of carbonyl (C=O) groups excluding carboxylic acids is 3. The van der Waals surface area contributed by atoms with Crippen LogP contribution >= 0.6 is 0 Å². The Labute approximate surface area is 219 Å². The molecule has 1 aliphatic rings. The summed E-state index contributed by atoms with van der Waals surface area (Å²) in [5, 5.41) is 7.96. The maximum Gasteiger partial charge on any atom is 0.248 e. The summed E-state index contributed by atoms with van der Waals surface area (Å²) in [6.07, 6.45) is 3.00. The SMILES string of the molecule is COc1ccc(-c2ccc3c(c2)c(C(C)=O)nn3CC(=O)N2CCCC2C(=O)Nc2cccc(C)n2)cn1. The van der Waals surface area contributed by atoms with Crippen molar-refractivity contribution in [1.82, 2.24) is 24.6 Å². The molecule has 1 unspecified atom stereocenters. The van der Waals surface area contributed by atoms with Crippen molar-refractivity contribution < 1.29 is 19.1 Å². The van der Waals surface area contributed by atoms with E-state index in [1.807, 2.05) is 43.3 Å². The first-order chi connectivity index (χ1) is 18.3.